The van der Waals surface area contributed by atoms with Crippen molar-refractivity contribution in [2.75, 3.05) is 32.0 Å². The summed E-state index contributed by atoms with van der Waals surface area (Å²) in [6.45, 7) is 5.84. The summed E-state index contributed by atoms with van der Waals surface area (Å²) >= 11 is 0. The first kappa shape index (κ1) is 36.3. The van der Waals surface area contributed by atoms with Crippen molar-refractivity contribution in [1.29, 1.82) is 0 Å². The normalized spacial score (nSPS) is 22.1. The molecule has 0 bridgehead atoms. The first-order chi connectivity index (χ1) is 22.2. The molecule has 1 saturated heterocycles. The Morgan fingerprint density at radius 3 is 2.19 bits per heavy atom. The Morgan fingerprint density at radius 2 is 1.60 bits per heavy atom. The lowest BCUT2D eigenvalue weighted by molar-refractivity contribution is -0.172. The minimum Gasteiger partial charge on any atom is -0.455 e. The largest absolute Gasteiger partial charge is 0.455 e. The number of amides is 1. The molecule has 2 unspecified atom stereocenters. The second-order valence-electron chi connectivity index (χ2n) is 11.1. The smallest absolute Gasteiger partial charge is 0.342 e. The van der Waals surface area contributed by atoms with Gasteiger partial charge in [0, 0.05) is 19.8 Å². The summed E-state index contributed by atoms with van der Waals surface area (Å²) < 4.78 is 59.6. The van der Waals surface area contributed by atoms with Gasteiger partial charge in [0.25, 0.3) is 5.91 Å². The van der Waals surface area contributed by atoms with Crippen LogP contribution in [0.2, 0.25) is 0 Å². The molecule has 0 aliphatic carbocycles. The second-order valence-corrected chi connectivity index (χ2v) is 15.7. The van der Waals surface area contributed by atoms with E-state index in [2.05, 4.69) is 24.8 Å². The fraction of sp³-hybridized carbons (Fsp3) is 0.500. The van der Waals surface area contributed by atoms with Crippen LogP contribution in [0.15, 0.2) is 43.0 Å². The minimum absolute atomic E-state index is 0.0894. The molecule has 0 radical (unpaired) electrons. The monoisotopic (exact) mass is 697 g/mol. The maximum Gasteiger partial charge on any atom is 0.342 e. The number of carbonyl (C=O) groups excluding carboxylic acids is 3. The summed E-state index contributed by atoms with van der Waals surface area (Å²) in [4.78, 5) is 61.4. The van der Waals surface area contributed by atoms with E-state index in [-0.39, 0.29) is 17.0 Å². The summed E-state index contributed by atoms with van der Waals surface area (Å²) in [7, 11) is -6.59. The molecule has 6 atom stereocenters. The average molecular weight is 698 g/mol. The molecule has 17 nitrogen and oxygen atoms in total. The van der Waals surface area contributed by atoms with Crippen LogP contribution < -0.4 is 5.32 Å². The van der Waals surface area contributed by atoms with Crippen LogP contribution in [-0.4, -0.2) is 87.3 Å². The third kappa shape index (κ3) is 8.68. The molecule has 0 spiro atoms. The first-order valence-corrected chi connectivity index (χ1v) is 17.9. The number of esters is 2. The molecule has 1 aromatic carbocycles. The number of imidazole rings is 1. The van der Waals surface area contributed by atoms with Crippen molar-refractivity contribution in [3.63, 3.8) is 0 Å². The average Bonchev–Trinajstić information content (AvgIpc) is 3.61. The van der Waals surface area contributed by atoms with Crippen molar-refractivity contribution in [3.8, 4) is 0 Å². The third-order valence-corrected chi connectivity index (χ3v) is 11.5. The molecule has 256 valence electrons. The highest BCUT2D eigenvalue weighted by molar-refractivity contribution is 7.70. The molecule has 1 aliphatic heterocycles. The van der Waals surface area contributed by atoms with Gasteiger partial charge in [-0.1, -0.05) is 45.9 Å². The van der Waals surface area contributed by atoms with E-state index in [1.165, 1.54) is 17.2 Å². The van der Waals surface area contributed by atoms with Crippen LogP contribution in [0.1, 0.15) is 44.3 Å². The number of ether oxygens (including phenoxy) is 3. The minimum atomic E-state index is -4.34. The highest BCUT2D eigenvalue weighted by Gasteiger charge is 2.52. The second kappa shape index (κ2) is 15.1. The first-order valence-electron chi connectivity index (χ1n) is 14.5. The van der Waals surface area contributed by atoms with Crippen molar-refractivity contribution < 1.29 is 56.2 Å². The predicted molar refractivity (Wildman–Crippen MR) is 165 cm³/mol. The molecular weight excluding hydrogens is 660 g/mol. The van der Waals surface area contributed by atoms with Gasteiger partial charge in [-0.2, -0.15) is 0 Å². The van der Waals surface area contributed by atoms with Crippen molar-refractivity contribution in [2.24, 2.45) is 11.8 Å². The van der Waals surface area contributed by atoms with Crippen LogP contribution in [0, 0.1) is 11.8 Å². The van der Waals surface area contributed by atoms with Crippen molar-refractivity contribution in [1.82, 2.24) is 19.5 Å². The molecule has 1 amide bonds. The Hall–Kier alpha value is -3.56. The number of anilines is 1. The van der Waals surface area contributed by atoms with E-state index in [1.807, 2.05) is 0 Å². The van der Waals surface area contributed by atoms with Crippen LogP contribution >= 0.6 is 15.2 Å². The van der Waals surface area contributed by atoms with Gasteiger partial charge in [-0.15, -0.1) is 0 Å². The Labute approximate surface area is 270 Å². The van der Waals surface area contributed by atoms with Gasteiger partial charge in [0.15, 0.2) is 41.3 Å². The van der Waals surface area contributed by atoms with E-state index < -0.39 is 81.9 Å². The topological polar surface area (TPSA) is 217 Å². The molecule has 4 rings (SSSR count). The maximum atomic E-state index is 13.2. The predicted octanol–water partition coefficient (Wildman–Crippen LogP) is 3.76. The van der Waals surface area contributed by atoms with Crippen LogP contribution in [0.4, 0.5) is 5.82 Å². The Balaban J connectivity index is 1.73. The summed E-state index contributed by atoms with van der Waals surface area (Å²) in [6, 6.07) is 8.45. The van der Waals surface area contributed by atoms with E-state index in [4.69, 9.17) is 23.3 Å². The highest BCUT2D eigenvalue weighted by atomic mass is 31.2. The summed E-state index contributed by atoms with van der Waals surface area (Å²) in [6.07, 6.45) is -2.58. The maximum absolute atomic E-state index is 13.2. The molecule has 47 heavy (non-hydrogen) atoms. The number of benzene rings is 1. The van der Waals surface area contributed by atoms with Gasteiger partial charge in [-0.25, -0.2) is 15.0 Å². The van der Waals surface area contributed by atoms with Crippen LogP contribution in [-0.2, 0) is 46.5 Å². The quantitative estimate of drug-likeness (QED) is 0.181. The van der Waals surface area contributed by atoms with E-state index in [9.17, 15) is 28.4 Å². The van der Waals surface area contributed by atoms with Gasteiger partial charge in [0.2, 0.25) is 0 Å². The van der Waals surface area contributed by atoms with E-state index in [0.29, 0.717) is 5.56 Å². The molecule has 0 saturated carbocycles. The zero-order valence-electron chi connectivity index (χ0n) is 26.5. The lowest BCUT2D eigenvalue weighted by Gasteiger charge is -2.26. The highest BCUT2D eigenvalue weighted by Crippen LogP contribution is 2.61. The molecule has 3 heterocycles. The third-order valence-electron chi connectivity index (χ3n) is 6.98. The van der Waals surface area contributed by atoms with E-state index in [1.54, 1.807) is 58.0 Å². The number of hydrogen-bond donors (Lipinski definition) is 2. The van der Waals surface area contributed by atoms with Gasteiger partial charge in [0.1, 0.15) is 12.4 Å². The number of fused-ring (bicyclic) bond motifs is 1. The van der Waals surface area contributed by atoms with Crippen molar-refractivity contribution in [3.05, 3.63) is 48.5 Å². The van der Waals surface area contributed by atoms with Crippen LogP contribution in [0.3, 0.4) is 0 Å². The van der Waals surface area contributed by atoms with Gasteiger partial charge < -0.3 is 38.0 Å². The van der Waals surface area contributed by atoms with Crippen LogP contribution in [0.5, 0.6) is 0 Å². The summed E-state index contributed by atoms with van der Waals surface area (Å²) in [5, 5.41) is 2.71. The van der Waals surface area contributed by atoms with Crippen LogP contribution in [0.25, 0.3) is 11.2 Å². The van der Waals surface area contributed by atoms with Gasteiger partial charge >= 0.3 is 27.1 Å². The standard InChI is InChI=1S/C28H37N5O12P2/c1-16(2)27(35)44-21-19(12-42-47(39,41-6)15-46(37,38)40-5)43-26(22(21)45-28(36)17(3)4)33-14-31-20-23(29-13-30-24(20)33)32-25(34)18-10-8-7-9-11-18/h7-11,13-14,16-17,19,21-22,26H,12,15H2,1-6H3,(H,37,38)(H,29,30,32,34)/t19-,21-,22-,26-,47?/m1/s1. The van der Waals surface area contributed by atoms with Gasteiger partial charge in [0.05, 0.1) is 24.8 Å². The number of nitrogens with one attached hydrogen (secondary N) is 1. The Morgan fingerprint density at radius 1 is 0.957 bits per heavy atom. The molecule has 1 fully saturated rings. The summed E-state index contributed by atoms with van der Waals surface area (Å²) in [5.41, 5.74) is 0.720. The fourth-order valence-corrected chi connectivity index (χ4v) is 7.87. The number of rotatable bonds is 14. The molecule has 2 N–H and O–H groups in total. The lowest BCUT2D eigenvalue weighted by atomic mass is 10.1. The Bertz CT molecular complexity index is 1680. The zero-order chi connectivity index (χ0) is 34.5. The van der Waals surface area contributed by atoms with E-state index in [0.717, 1.165) is 14.2 Å². The molecule has 1 aliphatic rings. The van der Waals surface area contributed by atoms with Gasteiger partial charge in [-0.3, -0.25) is 28.1 Å². The van der Waals surface area contributed by atoms with Crippen molar-refractivity contribution >= 4 is 50.0 Å². The van der Waals surface area contributed by atoms with Gasteiger partial charge in [-0.05, 0) is 12.1 Å². The number of nitrogens with zero attached hydrogens (tertiary/aromatic N) is 4. The number of aromatic nitrogens is 4. The Kier molecular flexibility index (Phi) is 11.7. The number of hydrogen-bond acceptors (Lipinski definition) is 14. The summed E-state index contributed by atoms with van der Waals surface area (Å²) in [5.74, 6) is -3.81. The molecular formula is C28H37N5O12P2. The van der Waals surface area contributed by atoms with Crippen molar-refractivity contribution in [2.45, 2.75) is 52.2 Å². The zero-order valence-corrected chi connectivity index (χ0v) is 28.3. The lowest BCUT2D eigenvalue weighted by Crippen LogP contribution is -2.42. The molecule has 19 heteroatoms. The fourth-order valence-electron chi connectivity index (χ4n) is 4.39. The SMILES string of the molecule is COP(=O)(O)CP(=O)(OC)OC[C@H]1O[C@@H](n2cnc3c(NC(=O)c4ccccc4)ncnc32)[C@H](OC(=O)C(C)C)[C@@H]1OC(=O)C(C)C. The number of carbonyl (C=O) groups is 3. The van der Waals surface area contributed by atoms with E-state index >= 15 is 0 Å². The molecule has 2 aromatic heterocycles. The molecule has 3 aromatic rings.